The van der Waals surface area contributed by atoms with Crippen LogP contribution in [0.1, 0.15) is 16.7 Å². The van der Waals surface area contributed by atoms with Crippen LogP contribution in [0.25, 0.3) is 69.6 Å². The van der Waals surface area contributed by atoms with Gasteiger partial charge in [-0.25, -0.2) is 9.98 Å². The van der Waals surface area contributed by atoms with Crippen molar-refractivity contribution < 1.29 is 4.42 Å². The number of rotatable bonds is 5. The first-order chi connectivity index (χ1) is 25.8. The number of hydrogen-bond donors (Lipinski definition) is 0. The molecular formula is C46H30N4OS. The highest BCUT2D eigenvalue weighted by atomic mass is 32.1. The molecule has 7 aromatic carbocycles. The number of nitrogens with zero attached hydrogens (tertiary/aromatic N) is 4. The number of aromatic nitrogens is 1. The van der Waals surface area contributed by atoms with Gasteiger partial charge in [-0.2, -0.15) is 0 Å². The maximum Gasteiger partial charge on any atom is 0.163 e. The van der Waals surface area contributed by atoms with Gasteiger partial charge in [-0.15, -0.1) is 11.3 Å². The second-order valence-corrected chi connectivity index (χ2v) is 13.8. The number of thiophene rings is 1. The van der Waals surface area contributed by atoms with E-state index < -0.39 is 0 Å². The van der Waals surface area contributed by atoms with Gasteiger partial charge in [-0.1, -0.05) is 121 Å². The first kappa shape index (κ1) is 30.2. The third-order valence-electron chi connectivity index (χ3n) is 9.85. The fraction of sp³-hybridized carbons (Fsp3) is 0.0217. The third kappa shape index (κ3) is 4.80. The number of benzene rings is 7. The monoisotopic (exact) mass is 686 g/mol. The summed E-state index contributed by atoms with van der Waals surface area (Å²) in [6, 6.07) is 54.5. The van der Waals surface area contributed by atoms with Crippen LogP contribution < -0.4 is 0 Å². The summed E-state index contributed by atoms with van der Waals surface area (Å²) >= 11 is 1.84. The molecule has 6 heteroatoms. The van der Waals surface area contributed by atoms with Gasteiger partial charge in [0.25, 0.3) is 0 Å². The predicted molar refractivity (Wildman–Crippen MR) is 220 cm³/mol. The lowest BCUT2D eigenvalue weighted by molar-refractivity contribution is 0.668. The summed E-state index contributed by atoms with van der Waals surface area (Å²) in [5.74, 6) is 1.08. The molecule has 0 saturated carbocycles. The van der Waals surface area contributed by atoms with E-state index in [0.717, 1.165) is 49.8 Å². The van der Waals surface area contributed by atoms with Gasteiger partial charge in [0, 0.05) is 48.1 Å². The topological polar surface area (TPSA) is 55.1 Å². The summed E-state index contributed by atoms with van der Waals surface area (Å²) in [6.07, 6.45) is 0. The average Bonchev–Trinajstić information content (AvgIpc) is 3.88. The van der Waals surface area contributed by atoms with Crippen molar-refractivity contribution in [2.45, 2.75) is 6.54 Å². The standard InChI is InChI=1S/C46H30N4OS/c1-47-46(49-45(29-14-3-2-4-15-29)48-28-30-16-13-24-40-42(30)36-20-7-11-23-39(36)51-40)35-19-6-10-22-38(35)50-37-21-9-5-17-31(37)33-26-27-34-32-18-8-12-25-41(32)52-44(34)43(33)50/h2-27H,1,28H2. The lowest BCUT2D eigenvalue weighted by Gasteiger charge is -2.14. The van der Waals surface area contributed by atoms with Gasteiger partial charge in [-0.3, -0.25) is 4.99 Å². The summed E-state index contributed by atoms with van der Waals surface area (Å²) in [6.45, 7) is 4.46. The molecule has 0 bridgehead atoms. The Balaban J connectivity index is 1.18. The number of aliphatic imine (C=N–C) groups is 3. The van der Waals surface area contributed by atoms with Crippen LogP contribution in [-0.2, 0) is 6.54 Å². The lowest BCUT2D eigenvalue weighted by Crippen LogP contribution is -2.09. The molecule has 246 valence electrons. The minimum Gasteiger partial charge on any atom is -0.456 e. The molecule has 0 saturated heterocycles. The molecule has 0 spiro atoms. The summed E-state index contributed by atoms with van der Waals surface area (Å²) in [5, 5.41) is 7.08. The van der Waals surface area contributed by atoms with E-state index in [1.807, 2.05) is 78.1 Å². The zero-order valence-electron chi connectivity index (χ0n) is 28.0. The first-order valence-electron chi connectivity index (χ1n) is 17.2. The highest BCUT2D eigenvalue weighted by Gasteiger charge is 2.21. The fourth-order valence-corrected chi connectivity index (χ4v) is 8.78. The normalized spacial score (nSPS) is 12.6. The molecular weight excluding hydrogens is 657 g/mol. The Kier molecular flexibility index (Phi) is 7.15. The second-order valence-electron chi connectivity index (χ2n) is 12.8. The van der Waals surface area contributed by atoms with Crippen LogP contribution in [0.3, 0.4) is 0 Å². The summed E-state index contributed by atoms with van der Waals surface area (Å²) in [4.78, 5) is 15.0. The van der Waals surface area contributed by atoms with E-state index in [0.29, 0.717) is 18.2 Å². The molecule has 0 aliphatic rings. The molecule has 3 heterocycles. The SMILES string of the molecule is C=NC(=NC(=NCc1cccc2oc3ccccc3c12)c1ccccc1)c1ccccc1-n1c2ccccc2c2ccc3c4ccccc4sc3c21. The van der Waals surface area contributed by atoms with Crippen LogP contribution in [0.2, 0.25) is 0 Å². The Bertz CT molecular complexity index is 3070. The Morgan fingerprint density at radius 1 is 0.596 bits per heavy atom. The van der Waals surface area contributed by atoms with E-state index in [9.17, 15) is 0 Å². The number of furan rings is 1. The van der Waals surface area contributed by atoms with Crippen molar-refractivity contribution in [3.63, 3.8) is 0 Å². The Labute approximate surface area is 303 Å². The van der Waals surface area contributed by atoms with Crippen LogP contribution in [0.4, 0.5) is 0 Å². The van der Waals surface area contributed by atoms with E-state index in [4.69, 9.17) is 14.4 Å². The van der Waals surface area contributed by atoms with Gasteiger partial charge in [0.05, 0.1) is 28.0 Å². The van der Waals surface area contributed by atoms with Crippen LogP contribution in [0, 0.1) is 0 Å². The minimum absolute atomic E-state index is 0.414. The van der Waals surface area contributed by atoms with Gasteiger partial charge in [0.2, 0.25) is 0 Å². The van der Waals surface area contributed by atoms with E-state index in [1.54, 1.807) is 0 Å². The molecule has 10 aromatic rings. The zero-order valence-corrected chi connectivity index (χ0v) is 28.8. The molecule has 10 rings (SSSR count). The quantitative estimate of drug-likeness (QED) is 0.131. The number of hydrogen-bond acceptors (Lipinski definition) is 3. The summed E-state index contributed by atoms with van der Waals surface area (Å²) in [5.41, 5.74) is 7.81. The number of para-hydroxylation sites is 3. The van der Waals surface area contributed by atoms with Crippen LogP contribution >= 0.6 is 11.3 Å². The zero-order chi connectivity index (χ0) is 34.6. The van der Waals surface area contributed by atoms with Crippen molar-refractivity contribution in [3.8, 4) is 5.69 Å². The van der Waals surface area contributed by atoms with Crippen molar-refractivity contribution in [1.29, 1.82) is 0 Å². The Morgan fingerprint density at radius 3 is 2.19 bits per heavy atom. The molecule has 0 unspecified atom stereocenters. The van der Waals surface area contributed by atoms with Crippen LogP contribution in [0.15, 0.2) is 177 Å². The average molecular weight is 687 g/mol. The van der Waals surface area contributed by atoms with Crippen LogP contribution in [-0.4, -0.2) is 23.0 Å². The minimum atomic E-state index is 0.414. The first-order valence-corrected chi connectivity index (χ1v) is 18.1. The Hall–Kier alpha value is -6.63. The van der Waals surface area contributed by atoms with Gasteiger partial charge in [0.1, 0.15) is 11.2 Å². The van der Waals surface area contributed by atoms with Crippen molar-refractivity contribution in [2.24, 2.45) is 15.0 Å². The van der Waals surface area contributed by atoms with Gasteiger partial charge in [-0.05, 0) is 48.7 Å². The highest BCUT2D eigenvalue weighted by Crippen LogP contribution is 2.43. The Morgan fingerprint density at radius 2 is 1.31 bits per heavy atom. The summed E-state index contributed by atoms with van der Waals surface area (Å²) < 4.78 is 11.1. The summed E-state index contributed by atoms with van der Waals surface area (Å²) in [7, 11) is 0. The van der Waals surface area contributed by atoms with E-state index in [2.05, 4.69) is 107 Å². The molecule has 0 fully saturated rings. The molecule has 3 aromatic heterocycles. The van der Waals surface area contributed by atoms with Crippen molar-refractivity contribution in [1.82, 2.24) is 4.57 Å². The maximum atomic E-state index is 6.18. The van der Waals surface area contributed by atoms with Gasteiger partial charge in [0.15, 0.2) is 11.7 Å². The van der Waals surface area contributed by atoms with Crippen LogP contribution in [0.5, 0.6) is 0 Å². The highest BCUT2D eigenvalue weighted by molar-refractivity contribution is 7.26. The second kappa shape index (κ2) is 12.3. The van der Waals surface area contributed by atoms with Crippen molar-refractivity contribution in [2.75, 3.05) is 0 Å². The largest absolute Gasteiger partial charge is 0.456 e. The number of amidine groups is 2. The molecule has 0 radical (unpaired) electrons. The van der Waals surface area contributed by atoms with Crippen molar-refractivity contribution >= 4 is 93.6 Å². The molecule has 0 amide bonds. The van der Waals surface area contributed by atoms with Gasteiger partial charge >= 0.3 is 0 Å². The third-order valence-corrected chi connectivity index (χ3v) is 11.0. The van der Waals surface area contributed by atoms with Crippen molar-refractivity contribution in [3.05, 3.63) is 174 Å². The molecule has 0 aliphatic carbocycles. The maximum absolute atomic E-state index is 6.18. The molecule has 0 atom stereocenters. The molecule has 52 heavy (non-hydrogen) atoms. The smallest absolute Gasteiger partial charge is 0.163 e. The lowest BCUT2D eigenvalue weighted by atomic mass is 10.1. The molecule has 0 aliphatic heterocycles. The van der Waals surface area contributed by atoms with Gasteiger partial charge < -0.3 is 8.98 Å². The van der Waals surface area contributed by atoms with E-state index >= 15 is 0 Å². The number of fused-ring (bicyclic) bond motifs is 10. The fourth-order valence-electron chi connectivity index (χ4n) is 7.54. The van der Waals surface area contributed by atoms with E-state index in [-0.39, 0.29) is 0 Å². The molecule has 0 N–H and O–H groups in total. The molecule has 5 nitrogen and oxygen atoms in total. The predicted octanol–water partition coefficient (Wildman–Crippen LogP) is 12.1. The van der Waals surface area contributed by atoms with E-state index in [1.165, 1.54) is 36.5 Å².